The number of sulfonamides is 2. The third-order valence-electron chi connectivity index (χ3n) is 3.36. The van der Waals surface area contributed by atoms with Gasteiger partial charge in [0, 0.05) is 6.54 Å². The molecule has 0 atom stereocenters. The minimum Gasteiger partial charge on any atom is -0.346 e. The zero-order valence-electron chi connectivity index (χ0n) is 14.6. The third kappa shape index (κ3) is 5.38. The van der Waals surface area contributed by atoms with Crippen molar-refractivity contribution >= 4 is 36.1 Å². The lowest BCUT2D eigenvalue weighted by Gasteiger charge is -2.21. The van der Waals surface area contributed by atoms with Gasteiger partial charge in [0.05, 0.1) is 22.5 Å². The molecule has 0 aliphatic rings. The van der Waals surface area contributed by atoms with Crippen LogP contribution in [0.3, 0.4) is 0 Å². The maximum atomic E-state index is 12.9. The van der Waals surface area contributed by atoms with Crippen molar-refractivity contribution in [3.63, 3.8) is 0 Å². The summed E-state index contributed by atoms with van der Waals surface area (Å²) in [5, 5.41) is 0. The number of hydrogen-bond acceptors (Lipinski definition) is 8. The number of carbonyl (C=O) groups excluding carboxylic acids is 1. The Hall–Kier alpha value is -2.28. The van der Waals surface area contributed by atoms with E-state index in [1.807, 2.05) is 0 Å². The van der Waals surface area contributed by atoms with Gasteiger partial charge < -0.3 is 4.18 Å². The molecule has 0 N–H and O–H groups in total. The van der Waals surface area contributed by atoms with E-state index in [0.717, 1.165) is 0 Å². The smallest absolute Gasteiger partial charge is 0.323 e. The van der Waals surface area contributed by atoms with Crippen molar-refractivity contribution in [1.29, 1.82) is 0 Å². The lowest BCUT2D eigenvalue weighted by Crippen LogP contribution is -2.38. The normalized spacial score (nSPS) is 12.6. The monoisotopic (exact) mass is 447 g/mol. The van der Waals surface area contributed by atoms with Crippen LogP contribution in [0.5, 0.6) is 0 Å². The van der Waals surface area contributed by atoms with Crippen molar-refractivity contribution in [3.8, 4) is 0 Å². The van der Waals surface area contributed by atoms with Gasteiger partial charge in [-0.15, -0.1) is 0 Å². The standard InChI is InChI=1S/C16H17NO8S3/c1-26(19,20)25-16(18)12-13-17(27(21,22)14-8-4-2-5-9-14)28(23,24)15-10-6-3-7-11-15/h2-11H,12-13H2,1H3. The molecule has 0 amide bonds. The molecule has 0 aromatic heterocycles. The number of rotatable bonds is 8. The summed E-state index contributed by atoms with van der Waals surface area (Å²) in [4.78, 5) is 11.1. The lowest BCUT2D eigenvalue weighted by atomic mass is 10.4. The van der Waals surface area contributed by atoms with Gasteiger partial charge in [0.1, 0.15) is 0 Å². The molecule has 0 unspecified atom stereocenters. The van der Waals surface area contributed by atoms with Crippen LogP contribution in [0.25, 0.3) is 0 Å². The largest absolute Gasteiger partial charge is 0.346 e. The Morgan fingerprint density at radius 3 is 1.54 bits per heavy atom. The van der Waals surface area contributed by atoms with Crippen molar-refractivity contribution in [2.75, 3.05) is 12.8 Å². The van der Waals surface area contributed by atoms with Crippen molar-refractivity contribution in [2.24, 2.45) is 0 Å². The molecule has 0 radical (unpaired) electrons. The van der Waals surface area contributed by atoms with Crippen LogP contribution in [0.4, 0.5) is 0 Å². The van der Waals surface area contributed by atoms with Crippen LogP contribution in [0.15, 0.2) is 70.5 Å². The first-order valence-electron chi connectivity index (χ1n) is 7.75. The first kappa shape index (κ1) is 22.0. The lowest BCUT2D eigenvalue weighted by molar-refractivity contribution is -0.133. The second-order valence-corrected chi connectivity index (χ2v) is 11.1. The Kier molecular flexibility index (Phi) is 6.59. The van der Waals surface area contributed by atoms with Crippen molar-refractivity contribution in [3.05, 3.63) is 60.7 Å². The fourth-order valence-corrected chi connectivity index (χ4v) is 6.29. The Labute approximate surface area is 163 Å². The minimum atomic E-state index is -4.56. The van der Waals surface area contributed by atoms with Gasteiger partial charge in [0.2, 0.25) is 0 Å². The number of carbonyl (C=O) groups is 1. The molecule has 0 heterocycles. The molecule has 2 aromatic rings. The molecule has 2 aromatic carbocycles. The van der Waals surface area contributed by atoms with E-state index in [1.54, 1.807) is 12.1 Å². The van der Waals surface area contributed by atoms with Gasteiger partial charge in [-0.3, -0.25) is 4.79 Å². The van der Waals surface area contributed by atoms with Crippen molar-refractivity contribution in [2.45, 2.75) is 16.2 Å². The fraction of sp³-hybridized carbons (Fsp3) is 0.188. The van der Waals surface area contributed by atoms with Gasteiger partial charge in [-0.1, -0.05) is 40.1 Å². The van der Waals surface area contributed by atoms with Crippen LogP contribution in [-0.4, -0.2) is 47.7 Å². The molecule has 0 saturated heterocycles. The Bertz CT molecular complexity index is 1070. The number of hydrogen-bond donors (Lipinski definition) is 0. The van der Waals surface area contributed by atoms with Gasteiger partial charge in [-0.25, -0.2) is 16.8 Å². The molecule has 0 aliphatic carbocycles. The highest BCUT2D eigenvalue weighted by molar-refractivity contribution is 8.04. The van der Waals surface area contributed by atoms with E-state index in [9.17, 15) is 30.0 Å². The molecule has 28 heavy (non-hydrogen) atoms. The first-order chi connectivity index (χ1) is 12.9. The molecule has 0 bridgehead atoms. The second-order valence-electron chi connectivity index (χ2n) is 5.54. The van der Waals surface area contributed by atoms with E-state index in [-0.39, 0.29) is 13.5 Å². The summed E-state index contributed by atoms with van der Waals surface area (Å²) in [6.07, 6.45) is -0.144. The third-order valence-corrected chi connectivity index (χ3v) is 8.20. The highest BCUT2D eigenvalue weighted by Crippen LogP contribution is 2.24. The first-order valence-corrected chi connectivity index (χ1v) is 12.4. The predicted octanol–water partition coefficient (Wildman–Crippen LogP) is 0.959. The van der Waals surface area contributed by atoms with Crippen LogP contribution < -0.4 is 0 Å². The van der Waals surface area contributed by atoms with Gasteiger partial charge in [-0.2, -0.15) is 8.42 Å². The summed E-state index contributed by atoms with van der Waals surface area (Å²) < 4.78 is 78.1. The van der Waals surface area contributed by atoms with Gasteiger partial charge in [0.15, 0.2) is 0 Å². The second kappa shape index (κ2) is 8.39. The summed E-state index contributed by atoms with van der Waals surface area (Å²) in [5.41, 5.74) is 0. The molecule has 12 heteroatoms. The minimum absolute atomic E-state index is 0.161. The summed E-state index contributed by atoms with van der Waals surface area (Å²) in [6.45, 7) is -0.831. The molecule has 0 fully saturated rings. The van der Waals surface area contributed by atoms with Crippen LogP contribution in [0, 0.1) is 0 Å². The zero-order valence-corrected chi connectivity index (χ0v) is 17.1. The van der Waals surface area contributed by atoms with E-state index >= 15 is 0 Å². The Morgan fingerprint density at radius 2 is 1.18 bits per heavy atom. The highest BCUT2D eigenvalue weighted by atomic mass is 32.3. The van der Waals surface area contributed by atoms with Crippen LogP contribution in [0.1, 0.15) is 6.42 Å². The van der Waals surface area contributed by atoms with E-state index in [0.29, 0.717) is 6.26 Å². The molecule has 0 spiro atoms. The summed E-state index contributed by atoms with van der Waals surface area (Å²) in [6, 6.07) is 13.6. The van der Waals surface area contributed by atoms with E-state index in [2.05, 4.69) is 4.18 Å². The van der Waals surface area contributed by atoms with Crippen LogP contribution >= 0.6 is 0 Å². The Morgan fingerprint density at radius 1 is 0.786 bits per heavy atom. The van der Waals surface area contributed by atoms with Gasteiger partial charge in [-0.05, 0) is 24.3 Å². The van der Waals surface area contributed by atoms with Gasteiger partial charge >= 0.3 is 16.1 Å². The molecular formula is C16H17NO8S3. The van der Waals surface area contributed by atoms with Crippen LogP contribution in [0.2, 0.25) is 0 Å². The van der Waals surface area contributed by atoms with E-state index in [4.69, 9.17) is 0 Å². The van der Waals surface area contributed by atoms with E-state index in [1.165, 1.54) is 48.5 Å². The molecule has 2 rings (SSSR count). The van der Waals surface area contributed by atoms with Crippen molar-refractivity contribution < 1.29 is 34.2 Å². The summed E-state index contributed by atoms with van der Waals surface area (Å²) in [5.74, 6) is -1.28. The van der Waals surface area contributed by atoms with Crippen LogP contribution in [-0.2, 0) is 39.1 Å². The number of nitrogens with zero attached hydrogens (tertiary/aromatic N) is 1. The van der Waals surface area contributed by atoms with Crippen molar-refractivity contribution in [1.82, 2.24) is 3.71 Å². The zero-order chi connectivity index (χ0) is 21.0. The van der Waals surface area contributed by atoms with Gasteiger partial charge in [0.25, 0.3) is 20.0 Å². The molecular weight excluding hydrogens is 430 g/mol. The highest BCUT2D eigenvalue weighted by Gasteiger charge is 2.37. The average molecular weight is 448 g/mol. The summed E-state index contributed by atoms with van der Waals surface area (Å²) in [7, 11) is -13.2. The maximum Gasteiger partial charge on any atom is 0.323 e. The quantitative estimate of drug-likeness (QED) is 0.547. The Balaban J connectivity index is 2.46. The SMILES string of the molecule is CS(=O)(=O)OC(=O)CCN(S(=O)(=O)c1ccccc1)S(=O)(=O)c1ccccc1. The molecule has 0 aliphatic heterocycles. The number of benzene rings is 2. The molecule has 0 saturated carbocycles. The summed E-state index contributed by atoms with van der Waals surface area (Å²) >= 11 is 0. The molecule has 9 nitrogen and oxygen atoms in total. The average Bonchev–Trinajstić information content (AvgIpc) is 2.61. The predicted molar refractivity (Wildman–Crippen MR) is 99.5 cm³/mol. The van der Waals surface area contributed by atoms with E-state index < -0.39 is 49.1 Å². The topological polar surface area (TPSA) is 132 Å². The fourth-order valence-electron chi connectivity index (χ4n) is 2.18. The molecule has 152 valence electrons. The maximum absolute atomic E-state index is 12.9.